The number of carbonyl (C=O) groups is 2. The Bertz CT molecular complexity index is 1450. The Morgan fingerprint density at radius 2 is 1.89 bits per heavy atom. The molecule has 1 atom stereocenters. The van der Waals surface area contributed by atoms with Crippen LogP contribution in [0.1, 0.15) is 22.0 Å². The topological polar surface area (TPSA) is 92.6 Å². The summed E-state index contributed by atoms with van der Waals surface area (Å²) in [4.78, 5) is 28.5. The number of hydrogen-bond acceptors (Lipinski definition) is 9. The van der Waals surface area contributed by atoms with E-state index >= 15 is 0 Å². The minimum Gasteiger partial charge on any atom is -0.507 e. The van der Waals surface area contributed by atoms with Crippen LogP contribution in [0.15, 0.2) is 76.0 Å². The third-order valence-electron chi connectivity index (χ3n) is 5.53. The van der Waals surface area contributed by atoms with E-state index in [0.29, 0.717) is 26.4 Å². The predicted molar refractivity (Wildman–Crippen MR) is 143 cm³/mol. The number of methoxy groups -OCH3 is 1. The average molecular weight is 556 g/mol. The van der Waals surface area contributed by atoms with Gasteiger partial charge in [0.15, 0.2) is 4.34 Å². The summed E-state index contributed by atoms with van der Waals surface area (Å²) < 4.78 is 5.81. The van der Waals surface area contributed by atoms with Crippen molar-refractivity contribution in [3.8, 4) is 5.75 Å². The van der Waals surface area contributed by atoms with Crippen LogP contribution in [-0.4, -0.2) is 34.1 Å². The number of hydrogen-bond donors (Lipinski definition) is 1. The summed E-state index contributed by atoms with van der Waals surface area (Å²) in [5.41, 5.74) is 1.37. The standard InChI is InChI=1S/C25H18ClN3O4S3/c1-33-16-10-8-14(9-11-16)21(30)19-20(18-7-4-12-34-18)29(23(32)22(19)31)24-27-28-25(36-24)35-13-15-5-2-3-6-17(15)26/h2-12,20,30H,13H2,1H3/b21-19-. The Balaban J connectivity index is 1.50. The van der Waals surface area contributed by atoms with Crippen molar-refractivity contribution < 1.29 is 19.4 Å². The molecular weight excluding hydrogens is 538 g/mol. The van der Waals surface area contributed by atoms with Gasteiger partial charge < -0.3 is 9.84 Å². The highest BCUT2D eigenvalue weighted by Gasteiger charge is 2.48. The van der Waals surface area contributed by atoms with E-state index in [-0.39, 0.29) is 16.5 Å². The van der Waals surface area contributed by atoms with Crippen molar-refractivity contribution in [2.45, 2.75) is 16.1 Å². The van der Waals surface area contributed by atoms with Crippen LogP contribution in [0.5, 0.6) is 5.75 Å². The second kappa shape index (κ2) is 10.4. The van der Waals surface area contributed by atoms with Crippen molar-refractivity contribution in [2.24, 2.45) is 0 Å². The molecule has 5 rings (SSSR count). The summed E-state index contributed by atoms with van der Waals surface area (Å²) in [5.74, 6) is -0.601. The van der Waals surface area contributed by atoms with Gasteiger partial charge in [0.25, 0.3) is 5.78 Å². The highest BCUT2D eigenvalue weighted by Crippen LogP contribution is 2.45. The number of nitrogens with zero attached hydrogens (tertiary/aromatic N) is 3. The van der Waals surface area contributed by atoms with Gasteiger partial charge in [0.05, 0.1) is 12.7 Å². The number of thiophene rings is 1. The normalized spacial score (nSPS) is 17.1. The first-order valence-corrected chi connectivity index (χ1v) is 13.7. The highest BCUT2D eigenvalue weighted by molar-refractivity contribution is 8.00. The lowest BCUT2D eigenvalue weighted by Gasteiger charge is -2.20. The lowest BCUT2D eigenvalue weighted by atomic mass is 10.00. The third kappa shape index (κ3) is 4.64. The number of anilines is 1. The summed E-state index contributed by atoms with van der Waals surface area (Å²) in [6, 6.07) is 17.0. The van der Waals surface area contributed by atoms with Crippen molar-refractivity contribution in [1.82, 2.24) is 10.2 Å². The number of halogens is 1. The van der Waals surface area contributed by atoms with E-state index in [9.17, 15) is 14.7 Å². The number of thioether (sulfide) groups is 1. The van der Waals surface area contributed by atoms with Gasteiger partial charge in [0, 0.05) is 21.2 Å². The van der Waals surface area contributed by atoms with Crippen LogP contribution in [0.3, 0.4) is 0 Å². The molecule has 11 heteroatoms. The number of ketones is 1. The first-order valence-electron chi connectivity index (χ1n) is 10.7. The quantitative estimate of drug-likeness (QED) is 0.0956. The maximum absolute atomic E-state index is 13.2. The molecule has 1 aliphatic rings. The Hall–Kier alpha value is -3.18. The van der Waals surface area contributed by atoms with Gasteiger partial charge in [-0.3, -0.25) is 14.5 Å². The molecule has 36 heavy (non-hydrogen) atoms. The third-order valence-corrected chi connectivity index (χ3v) is 8.93. The summed E-state index contributed by atoms with van der Waals surface area (Å²) in [6.45, 7) is 0. The van der Waals surface area contributed by atoms with Gasteiger partial charge in [-0.2, -0.15) is 0 Å². The van der Waals surface area contributed by atoms with E-state index in [2.05, 4.69) is 10.2 Å². The van der Waals surface area contributed by atoms with E-state index in [1.807, 2.05) is 41.8 Å². The molecule has 0 radical (unpaired) electrons. The van der Waals surface area contributed by atoms with Gasteiger partial charge in [-0.05, 0) is 47.3 Å². The first-order chi connectivity index (χ1) is 17.5. The highest BCUT2D eigenvalue weighted by atomic mass is 35.5. The zero-order chi connectivity index (χ0) is 25.2. The number of amides is 1. The molecule has 7 nitrogen and oxygen atoms in total. The fraction of sp³-hybridized carbons (Fsp3) is 0.120. The molecule has 0 aliphatic carbocycles. The first kappa shape index (κ1) is 24.5. The van der Waals surface area contributed by atoms with Crippen LogP contribution < -0.4 is 9.64 Å². The second-order valence-electron chi connectivity index (χ2n) is 7.64. The molecule has 3 heterocycles. The maximum atomic E-state index is 13.2. The Kier molecular flexibility index (Phi) is 7.10. The number of carbonyl (C=O) groups excluding carboxylic acids is 2. The summed E-state index contributed by atoms with van der Waals surface area (Å²) in [6.07, 6.45) is 0. The van der Waals surface area contributed by atoms with Crippen LogP contribution in [0.25, 0.3) is 5.76 Å². The molecule has 1 unspecified atom stereocenters. The number of benzene rings is 2. The largest absolute Gasteiger partial charge is 0.507 e. The van der Waals surface area contributed by atoms with Crippen molar-refractivity contribution in [2.75, 3.05) is 12.0 Å². The van der Waals surface area contributed by atoms with Crippen molar-refractivity contribution in [1.29, 1.82) is 0 Å². The SMILES string of the molecule is COc1ccc(/C(O)=C2/C(=O)C(=O)N(c3nnc(SCc4ccccc4Cl)s3)C2c2cccs2)cc1. The number of aliphatic hydroxyl groups is 1. The fourth-order valence-corrected chi connectivity index (χ4v) is 6.74. The molecule has 0 saturated carbocycles. The Morgan fingerprint density at radius 1 is 1.11 bits per heavy atom. The summed E-state index contributed by atoms with van der Waals surface area (Å²) in [7, 11) is 1.54. The minimum absolute atomic E-state index is 0.00749. The molecule has 1 fully saturated rings. The molecule has 1 amide bonds. The maximum Gasteiger partial charge on any atom is 0.301 e. The van der Waals surface area contributed by atoms with Crippen LogP contribution in [-0.2, 0) is 15.3 Å². The number of aromatic nitrogens is 2. The minimum atomic E-state index is -0.818. The predicted octanol–water partition coefficient (Wildman–Crippen LogP) is 6.18. The van der Waals surface area contributed by atoms with E-state index in [1.54, 1.807) is 31.4 Å². The van der Waals surface area contributed by atoms with Crippen molar-refractivity contribution in [3.05, 3.63) is 92.6 Å². The van der Waals surface area contributed by atoms with E-state index in [1.165, 1.54) is 39.3 Å². The molecule has 1 aliphatic heterocycles. The molecule has 0 spiro atoms. The van der Waals surface area contributed by atoms with Gasteiger partial charge in [-0.15, -0.1) is 21.5 Å². The Morgan fingerprint density at radius 3 is 2.58 bits per heavy atom. The van der Waals surface area contributed by atoms with Crippen molar-refractivity contribution >= 4 is 68.6 Å². The van der Waals surface area contributed by atoms with Crippen LogP contribution >= 0.6 is 46.0 Å². The Labute approximate surface area is 224 Å². The monoisotopic (exact) mass is 555 g/mol. The van der Waals surface area contributed by atoms with Gasteiger partial charge in [-0.1, -0.05) is 59.0 Å². The number of aliphatic hydroxyl groups excluding tert-OH is 1. The summed E-state index contributed by atoms with van der Waals surface area (Å²) in [5, 5.41) is 22.4. The van der Waals surface area contributed by atoms with Gasteiger partial charge in [0.2, 0.25) is 5.13 Å². The van der Waals surface area contributed by atoms with Gasteiger partial charge in [-0.25, -0.2) is 0 Å². The second-order valence-corrected chi connectivity index (χ2v) is 11.2. The molecule has 0 bridgehead atoms. The molecule has 1 N–H and O–H groups in total. The molecular formula is C25H18ClN3O4S3. The van der Waals surface area contributed by atoms with Crippen LogP contribution in [0.4, 0.5) is 5.13 Å². The van der Waals surface area contributed by atoms with Gasteiger partial charge in [0.1, 0.15) is 17.6 Å². The summed E-state index contributed by atoms with van der Waals surface area (Å²) >= 11 is 10.3. The molecule has 1 saturated heterocycles. The fourth-order valence-electron chi connectivity index (χ4n) is 3.76. The zero-order valence-electron chi connectivity index (χ0n) is 18.8. The van der Waals surface area contributed by atoms with Crippen LogP contribution in [0, 0.1) is 0 Å². The zero-order valence-corrected chi connectivity index (χ0v) is 22.0. The lowest BCUT2D eigenvalue weighted by molar-refractivity contribution is -0.132. The number of Topliss-reactive ketones (excluding diaryl/α,β-unsaturated/α-hetero) is 1. The van der Waals surface area contributed by atoms with E-state index in [0.717, 1.165) is 10.4 Å². The molecule has 2 aromatic carbocycles. The van der Waals surface area contributed by atoms with E-state index in [4.69, 9.17) is 16.3 Å². The molecule has 4 aromatic rings. The van der Waals surface area contributed by atoms with Crippen LogP contribution in [0.2, 0.25) is 5.02 Å². The smallest absolute Gasteiger partial charge is 0.301 e. The van der Waals surface area contributed by atoms with Gasteiger partial charge >= 0.3 is 5.91 Å². The lowest BCUT2D eigenvalue weighted by Crippen LogP contribution is -2.29. The van der Waals surface area contributed by atoms with Crippen molar-refractivity contribution in [3.63, 3.8) is 0 Å². The van der Waals surface area contributed by atoms with E-state index < -0.39 is 17.7 Å². The number of rotatable bonds is 7. The molecule has 182 valence electrons. The molecule has 2 aromatic heterocycles. The average Bonchev–Trinajstić information content (AvgIpc) is 3.64. The number of ether oxygens (including phenoxy) is 1.